The van der Waals surface area contributed by atoms with Crippen LogP contribution in [-0.2, 0) is 0 Å². The number of para-hydroxylation sites is 2. The third-order valence-electron chi connectivity index (χ3n) is 7.65. The van der Waals surface area contributed by atoms with Gasteiger partial charge in [0.25, 0.3) is 0 Å². The Bertz CT molecular complexity index is 1290. The largest absolute Gasteiger partial charge is 0.326 e. The summed E-state index contributed by atoms with van der Waals surface area (Å²) in [7, 11) is 0. The number of aromatic nitrogens is 6. The van der Waals surface area contributed by atoms with Crippen LogP contribution >= 0.6 is 0 Å². The van der Waals surface area contributed by atoms with Crippen molar-refractivity contribution in [2.24, 2.45) is 0 Å². The van der Waals surface area contributed by atoms with Crippen molar-refractivity contribution in [2.75, 3.05) is 13.1 Å². The minimum atomic E-state index is -0.0134. The van der Waals surface area contributed by atoms with E-state index in [-0.39, 0.29) is 17.8 Å². The number of imidazole rings is 1. The van der Waals surface area contributed by atoms with Crippen molar-refractivity contribution in [3.8, 4) is 0 Å². The lowest BCUT2D eigenvalue weighted by Crippen LogP contribution is -2.40. The van der Waals surface area contributed by atoms with E-state index < -0.39 is 0 Å². The van der Waals surface area contributed by atoms with Crippen LogP contribution in [0.5, 0.6) is 0 Å². The third-order valence-corrected chi connectivity index (χ3v) is 7.65. The highest BCUT2D eigenvalue weighted by atomic mass is 16.1. The molecule has 3 heterocycles. The van der Waals surface area contributed by atoms with Gasteiger partial charge >= 0.3 is 5.69 Å². The lowest BCUT2D eigenvalue weighted by Gasteiger charge is -2.38. The normalized spacial score (nSPS) is 19.5. The fourth-order valence-corrected chi connectivity index (χ4v) is 5.96. The molecule has 1 aliphatic heterocycles. The Morgan fingerprint density at radius 2 is 1.59 bits per heavy atom. The zero-order valence-corrected chi connectivity index (χ0v) is 19.4. The first-order valence-electron chi connectivity index (χ1n) is 12.6. The summed E-state index contributed by atoms with van der Waals surface area (Å²) in [5, 5.41) is 13.2. The van der Waals surface area contributed by atoms with Crippen molar-refractivity contribution in [1.82, 2.24) is 34.7 Å². The standard InChI is InChI=1S/C26H31N7O/c34-26-27-22-13-7-8-14-23(22)32(26)20-15-17-31(18-16-20)24(19-9-3-1-4-10-19)25-28-29-30-33(25)21-11-5-2-6-12-21/h1,3-4,7-10,13-14,20-21,24H,2,5-6,11-12,15-18H2,(H,27,34). The monoisotopic (exact) mass is 457 g/mol. The van der Waals surface area contributed by atoms with E-state index in [1.165, 1.54) is 24.8 Å². The zero-order valence-electron chi connectivity index (χ0n) is 19.4. The lowest BCUT2D eigenvalue weighted by atomic mass is 9.94. The molecule has 1 atom stereocenters. The highest BCUT2D eigenvalue weighted by Gasteiger charge is 2.34. The second-order valence-electron chi connectivity index (χ2n) is 9.67. The molecular formula is C26H31N7O. The highest BCUT2D eigenvalue weighted by Crippen LogP contribution is 2.36. The van der Waals surface area contributed by atoms with Crippen LogP contribution in [0.25, 0.3) is 11.0 Å². The zero-order chi connectivity index (χ0) is 22.9. The first-order chi connectivity index (χ1) is 16.8. The number of tetrazole rings is 1. The smallest absolute Gasteiger partial charge is 0.306 e. The summed E-state index contributed by atoms with van der Waals surface area (Å²) >= 11 is 0. The molecule has 0 spiro atoms. The number of nitrogens with one attached hydrogen (secondary N) is 1. The second-order valence-corrected chi connectivity index (χ2v) is 9.67. The quantitative estimate of drug-likeness (QED) is 0.484. The Morgan fingerprint density at radius 1 is 0.853 bits per heavy atom. The number of hydrogen-bond acceptors (Lipinski definition) is 5. The fourth-order valence-electron chi connectivity index (χ4n) is 5.96. The predicted molar refractivity (Wildman–Crippen MR) is 131 cm³/mol. The molecule has 176 valence electrons. The summed E-state index contributed by atoms with van der Waals surface area (Å²) in [6.07, 6.45) is 7.90. The first-order valence-corrected chi connectivity index (χ1v) is 12.6. The Kier molecular flexibility index (Phi) is 5.74. The van der Waals surface area contributed by atoms with Gasteiger partial charge in [-0.3, -0.25) is 9.47 Å². The molecule has 1 N–H and O–H groups in total. The van der Waals surface area contributed by atoms with Crippen LogP contribution in [0.15, 0.2) is 59.4 Å². The molecule has 34 heavy (non-hydrogen) atoms. The molecule has 8 heteroatoms. The number of rotatable bonds is 5. The lowest BCUT2D eigenvalue weighted by molar-refractivity contribution is 0.143. The maximum Gasteiger partial charge on any atom is 0.326 e. The van der Waals surface area contributed by atoms with Crippen molar-refractivity contribution in [2.45, 2.75) is 63.1 Å². The Labute approximate surface area is 198 Å². The van der Waals surface area contributed by atoms with Crippen LogP contribution in [0.2, 0.25) is 0 Å². The van der Waals surface area contributed by atoms with Crippen LogP contribution < -0.4 is 5.69 Å². The van der Waals surface area contributed by atoms with Gasteiger partial charge in [-0.25, -0.2) is 9.48 Å². The Hall–Kier alpha value is -3.26. The van der Waals surface area contributed by atoms with Gasteiger partial charge in [-0.1, -0.05) is 61.7 Å². The van der Waals surface area contributed by atoms with E-state index in [9.17, 15) is 4.79 Å². The van der Waals surface area contributed by atoms with E-state index >= 15 is 0 Å². The molecule has 2 aromatic carbocycles. The fraction of sp³-hybridized carbons (Fsp3) is 0.462. The molecule has 8 nitrogen and oxygen atoms in total. The summed E-state index contributed by atoms with van der Waals surface area (Å²) in [6, 6.07) is 19.1. The van der Waals surface area contributed by atoms with Gasteiger partial charge in [-0.05, 0) is 53.8 Å². The first kappa shape index (κ1) is 21.3. The van der Waals surface area contributed by atoms with E-state index in [0.717, 1.165) is 55.6 Å². The van der Waals surface area contributed by atoms with Crippen molar-refractivity contribution in [3.63, 3.8) is 0 Å². The van der Waals surface area contributed by atoms with Crippen molar-refractivity contribution < 1.29 is 0 Å². The molecule has 2 aromatic heterocycles. The molecule has 1 aliphatic carbocycles. The summed E-state index contributed by atoms with van der Waals surface area (Å²) in [4.78, 5) is 18.3. The van der Waals surface area contributed by atoms with Gasteiger partial charge in [0.15, 0.2) is 5.82 Å². The number of hydrogen-bond donors (Lipinski definition) is 1. The number of nitrogens with zero attached hydrogens (tertiary/aromatic N) is 6. The number of H-pyrrole nitrogens is 1. The molecule has 1 saturated carbocycles. The molecule has 4 aromatic rings. The summed E-state index contributed by atoms with van der Waals surface area (Å²) in [5.74, 6) is 0.945. The molecule has 6 rings (SSSR count). The van der Waals surface area contributed by atoms with Crippen LogP contribution in [-0.4, -0.2) is 47.7 Å². The van der Waals surface area contributed by atoms with Crippen molar-refractivity contribution >= 4 is 11.0 Å². The molecule has 1 saturated heterocycles. The highest BCUT2D eigenvalue weighted by molar-refractivity contribution is 5.75. The number of aromatic amines is 1. The van der Waals surface area contributed by atoms with Gasteiger partial charge in [0.05, 0.1) is 23.1 Å². The summed E-state index contributed by atoms with van der Waals surface area (Å²) in [5.41, 5.74) is 3.10. The minimum absolute atomic E-state index is 0.0127. The Balaban J connectivity index is 1.29. The van der Waals surface area contributed by atoms with Crippen molar-refractivity contribution in [3.05, 3.63) is 76.5 Å². The van der Waals surface area contributed by atoms with Crippen LogP contribution in [0.3, 0.4) is 0 Å². The molecule has 2 aliphatic rings. The number of benzene rings is 2. The van der Waals surface area contributed by atoms with E-state index in [4.69, 9.17) is 0 Å². The van der Waals surface area contributed by atoms with E-state index in [0.29, 0.717) is 6.04 Å². The maximum absolute atomic E-state index is 12.7. The van der Waals surface area contributed by atoms with Gasteiger partial charge in [0, 0.05) is 19.1 Å². The van der Waals surface area contributed by atoms with E-state index in [1.807, 2.05) is 28.8 Å². The molecular weight excluding hydrogens is 426 g/mol. The third kappa shape index (κ3) is 3.86. The number of piperidine rings is 1. The SMILES string of the molecule is O=c1[nH]c2ccccc2n1C1CCN(C(c2ccccc2)c2nnnn2C2CCCCC2)CC1. The van der Waals surface area contributed by atoms with Crippen LogP contribution in [0.1, 0.15) is 74.5 Å². The topological polar surface area (TPSA) is 84.6 Å². The van der Waals surface area contributed by atoms with Gasteiger partial charge in [-0.2, -0.15) is 0 Å². The second kappa shape index (κ2) is 9.18. The van der Waals surface area contributed by atoms with E-state index in [1.54, 1.807) is 0 Å². The van der Waals surface area contributed by atoms with Gasteiger partial charge in [0.1, 0.15) is 0 Å². The minimum Gasteiger partial charge on any atom is -0.306 e. The molecule has 0 amide bonds. The maximum atomic E-state index is 12.7. The molecule has 1 unspecified atom stereocenters. The number of likely N-dealkylation sites (tertiary alicyclic amines) is 1. The Morgan fingerprint density at radius 3 is 2.38 bits per heavy atom. The van der Waals surface area contributed by atoms with Crippen molar-refractivity contribution in [1.29, 1.82) is 0 Å². The molecule has 0 radical (unpaired) electrons. The van der Waals surface area contributed by atoms with E-state index in [2.05, 4.69) is 60.4 Å². The summed E-state index contributed by atoms with van der Waals surface area (Å²) < 4.78 is 4.06. The van der Waals surface area contributed by atoms with Gasteiger partial charge in [0.2, 0.25) is 0 Å². The molecule has 2 fully saturated rings. The van der Waals surface area contributed by atoms with Crippen LogP contribution in [0.4, 0.5) is 0 Å². The van der Waals surface area contributed by atoms with Gasteiger partial charge in [-0.15, -0.1) is 5.10 Å². The number of fused-ring (bicyclic) bond motifs is 1. The summed E-state index contributed by atoms with van der Waals surface area (Å²) in [6.45, 7) is 1.77. The van der Waals surface area contributed by atoms with Crippen LogP contribution in [0, 0.1) is 0 Å². The molecule has 0 bridgehead atoms. The average Bonchev–Trinajstić information content (AvgIpc) is 3.50. The average molecular weight is 458 g/mol. The van der Waals surface area contributed by atoms with Gasteiger partial charge < -0.3 is 4.98 Å². The predicted octanol–water partition coefficient (Wildman–Crippen LogP) is 4.25.